The number of rotatable bonds is 5. The summed E-state index contributed by atoms with van der Waals surface area (Å²) in [5, 5.41) is 0. The van der Waals surface area contributed by atoms with Crippen molar-refractivity contribution in [2.45, 2.75) is 0 Å². The van der Waals surface area contributed by atoms with E-state index in [2.05, 4.69) is 103 Å². The Morgan fingerprint density at radius 3 is 0.682 bits per heavy atom. The number of hydrogen-bond donors (Lipinski definition) is 0. The van der Waals surface area contributed by atoms with Gasteiger partial charge in [-0.05, 0) is 138 Å². The third-order valence-corrected chi connectivity index (χ3v) is 4.52. The fourth-order valence-corrected chi connectivity index (χ4v) is 3.54. The standard InChI is InChI=1S/C22H18/c1-2-10-17(9-1)21(18-11-3-4-12-18)22(19-13-5-6-14-19)20-15-7-8-16-20/h1-16,21-22H. The van der Waals surface area contributed by atoms with Crippen molar-refractivity contribution in [2.24, 2.45) is 11.8 Å². The highest BCUT2D eigenvalue weighted by molar-refractivity contribution is 5.54. The molecule has 0 nitrogen and oxygen atoms in total. The Bertz CT molecular complexity index is 256. The van der Waals surface area contributed by atoms with Crippen LogP contribution in [0.1, 0.15) is 0 Å². The molecule has 0 aromatic carbocycles. The molecule has 0 aromatic rings. The summed E-state index contributed by atoms with van der Waals surface area (Å²) >= 11 is 0. The Kier molecular flexibility index (Phi) is 5.13. The second-order valence-electron chi connectivity index (χ2n) is 5.83. The van der Waals surface area contributed by atoms with E-state index in [1.807, 2.05) is 0 Å². The van der Waals surface area contributed by atoms with E-state index in [9.17, 15) is 0 Å². The molecule has 4 saturated carbocycles. The van der Waals surface area contributed by atoms with Gasteiger partial charge in [0.25, 0.3) is 0 Å². The van der Waals surface area contributed by atoms with E-state index in [0.29, 0.717) is 11.8 Å². The van der Waals surface area contributed by atoms with Crippen LogP contribution in [0.3, 0.4) is 0 Å². The van der Waals surface area contributed by atoms with E-state index in [-0.39, 0.29) is 0 Å². The van der Waals surface area contributed by atoms with Gasteiger partial charge in [0.1, 0.15) is 0 Å². The lowest BCUT2D eigenvalue weighted by molar-refractivity contribution is 0.442. The quantitative estimate of drug-likeness (QED) is 0.718. The van der Waals surface area contributed by atoms with Gasteiger partial charge in [0.05, 0.1) is 0 Å². The lowest BCUT2D eigenvalue weighted by Crippen LogP contribution is -2.34. The molecule has 0 bridgehead atoms. The van der Waals surface area contributed by atoms with E-state index in [1.165, 1.54) is 23.7 Å². The van der Waals surface area contributed by atoms with Gasteiger partial charge in [0.2, 0.25) is 0 Å². The van der Waals surface area contributed by atoms with Crippen molar-refractivity contribution in [3.63, 3.8) is 0 Å². The molecule has 4 aliphatic carbocycles. The van der Waals surface area contributed by atoms with Crippen LogP contribution in [0.5, 0.6) is 0 Å². The van der Waals surface area contributed by atoms with Crippen molar-refractivity contribution >= 4 is 0 Å². The average molecular weight is 282 g/mol. The maximum atomic E-state index is 2.25. The molecular weight excluding hydrogens is 264 g/mol. The van der Waals surface area contributed by atoms with Gasteiger partial charge in [-0.1, -0.05) is 0 Å². The van der Waals surface area contributed by atoms with E-state index in [1.54, 1.807) is 0 Å². The molecule has 0 N–H and O–H groups in total. The zero-order valence-electron chi connectivity index (χ0n) is 12.4. The zero-order valence-corrected chi connectivity index (χ0v) is 12.4. The first-order chi connectivity index (χ1) is 10.9. The van der Waals surface area contributed by atoms with Crippen LogP contribution in [0.4, 0.5) is 0 Å². The Labute approximate surface area is 138 Å². The molecule has 20 radical (unpaired) electrons. The lowest BCUT2D eigenvalue weighted by atomic mass is 9.62. The molecule has 0 heteroatoms. The summed E-state index contributed by atoms with van der Waals surface area (Å²) in [7, 11) is 0. The molecule has 0 amide bonds. The van der Waals surface area contributed by atoms with E-state index in [0.717, 1.165) is 0 Å². The van der Waals surface area contributed by atoms with Crippen molar-refractivity contribution in [1.82, 2.24) is 0 Å². The summed E-state index contributed by atoms with van der Waals surface area (Å²) in [5.41, 5.74) is 0. The summed E-state index contributed by atoms with van der Waals surface area (Å²) in [4.78, 5) is 0. The minimum Gasteiger partial charge on any atom is -0.0309 e. The smallest absolute Gasteiger partial charge is 0.0127 e. The van der Waals surface area contributed by atoms with Gasteiger partial charge in [-0.2, -0.15) is 0 Å². The molecule has 4 aliphatic rings. The van der Waals surface area contributed by atoms with Crippen LogP contribution in [0.2, 0.25) is 0 Å². The Morgan fingerprint density at radius 1 is 0.318 bits per heavy atom. The maximum Gasteiger partial charge on any atom is -0.0127 e. The molecule has 22 heavy (non-hydrogen) atoms. The first-order valence-electron chi connectivity index (χ1n) is 7.80. The van der Waals surface area contributed by atoms with Crippen LogP contribution in [0, 0.1) is 138 Å². The lowest BCUT2D eigenvalue weighted by Gasteiger charge is -2.41. The van der Waals surface area contributed by atoms with Crippen LogP contribution >= 0.6 is 0 Å². The molecule has 0 aromatic heterocycles. The van der Waals surface area contributed by atoms with Gasteiger partial charge in [-0.25, -0.2) is 0 Å². The third kappa shape index (κ3) is 3.13. The fraction of sp³-hybridized carbons (Fsp3) is 0.0909. The van der Waals surface area contributed by atoms with E-state index >= 15 is 0 Å². The van der Waals surface area contributed by atoms with Crippen molar-refractivity contribution in [2.75, 3.05) is 0 Å². The zero-order chi connectivity index (χ0) is 14.8. The van der Waals surface area contributed by atoms with Gasteiger partial charge >= 0.3 is 0 Å². The third-order valence-electron chi connectivity index (χ3n) is 4.52. The molecule has 0 spiro atoms. The van der Waals surface area contributed by atoms with E-state index < -0.39 is 0 Å². The summed E-state index contributed by atoms with van der Waals surface area (Å²) in [6.45, 7) is 0. The number of hydrogen-bond acceptors (Lipinski definition) is 0. The second kappa shape index (κ2) is 7.27. The molecular formula is C22H18. The van der Waals surface area contributed by atoms with Crippen LogP contribution < -0.4 is 0 Å². The monoisotopic (exact) mass is 282 g/mol. The summed E-state index contributed by atoms with van der Waals surface area (Å²) in [5.74, 6) is 6.26. The Hall–Kier alpha value is 0. The van der Waals surface area contributed by atoms with Crippen molar-refractivity contribution in [3.05, 3.63) is 126 Å². The molecule has 4 fully saturated rings. The summed E-state index contributed by atoms with van der Waals surface area (Å²) in [6.07, 6.45) is 35.1. The summed E-state index contributed by atoms with van der Waals surface area (Å²) in [6, 6.07) is 0. The Balaban J connectivity index is 1.59. The first kappa shape index (κ1) is 15.5. The topological polar surface area (TPSA) is 0 Å². The predicted octanol–water partition coefficient (Wildman–Crippen LogP) is 3.84. The highest BCUT2D eigenvalue weighted by Crippen LogP contribution is 2.54. The second-order valence-corrected chi connectivity index (χ2v) is 5.83. The molecule has 0 unspecified atom stereocenters. The van der Waals surface area contributed by atoms with Gasteiger partial charge in [0, 0.05) is 0 Å². The first-order valence-corrected chi connectivity index (χ1v) is 7.80. The predicted molar refractivity (Wildman–Crippen MR) is 88.8 cm³/mol. The Morgan fingerprint density at radius 2 is 0.500 bits per heavy atom. The minimum absolute atomic E-state index is 0.356. The molecule has 0 aliphatic heterocycles. The fourth-order valence-electron chi connectivity index (χ4n) is 3.54. The van der Waals surface area contributed by atoms with Crippen LogP contribution in [-0.4, -0.2) is 0 Å². The summed E-state index contributed by atoms with van der Waals surface area (Å²) < 4.78 is 0. The molecule has 0 heterocycles. The van der Waals surface area contributed by atoms with Gasteiger partial charge in [-0.3, -0.25) is 0 Å². The van der Waals surface area contributed by atoms with Crippen molar-refractivity contribution < 1.29 is 0 Å². The largest absolute Gasteiger partial charge is 0.0309 e. The van der Waals surface area contributed by atoms with Gasteiger partial charge in [-0.15, -0.1) is 0 Å². The van der Waals surface area contributed by atoms with E-state index in [4.69, 9.17) is 0 Å². The molecule has 4 rings (SSSR count). The molecule has 0 atom stereocenters. The minimum atomic E-state index is 0.356. The van der Waals surface area contributed by atoms with Crippen molar-refractivity contribution in [3.8, 4) is 0 Å². The highest BCUT2D eigenvalue weighted by Gasteiger charge is 2.47. The molecule has 0 saturated heterocycles. The van der Waals surface area contributed by atoms with Gasteiger partial charge in [0.15, 0.2) is 0 Å². The average Bonchev–Trinajstić information content (AvgIpc) is 3.35. The van der Waals surface area contributed by atoms with Gasteiger partial charge < -0.3 is 0 Å². The maximum absolute atomic E-state index is 2.25. The van der Waals surface area contributed by atoms with Crippen LogP contribution in [0.25, 0.3) is 0 Å². The molecule has 106 valence electrons. The normalized spacial score (nSPS) is 29.7. The van der Waals surface area contributed by atoms with Crippen LogP contribution in [-0.2, 0) is 0 Å². The van der Waals surface area contributed by atoms with Crippen molar-refractivity contribution in [1.29, 1.82) is 0 Å². The highest BCUT2D eigenvalue weighted by atomic mass is 14.5. The van der Waals surface area contributed by atoms with Crippen LogP contribution in [0.15, 0.2) is 0 Å². The SMILES string of the molecule is [CH]1[CH][CH][C](C([C]2[CH][CH][CH][CH]2)C([C]2[CH][CH][CH][CH]2)[C]2[CH][CH][CH][CH]2)[CH]1.